The molecule has 13 heavy (non-hydrogen) atoms. The summed E-state index contributed by atoms with van der Waals surface area (Å²) in [5, 5.41) is 3.41. The van der Waals surface area contributed by atoms with Crippen LogP contribution in [0.25, 0.3) is 0 Å². The summed E-state index contributed by atoms with van der Waals surface area (Å²) in [4.78, 5) is 2.61. The molecule has 1 rings (SSSR count). The Kier molecular flexibility index (Phi) is 4.20. The van der Waals surface area contributed by atoms with Crippen molar-refractivity contribution in [1.29, 1.82) is 0 Å². The van der Waals surface area contributed by atoms with Crippen LogP contribution in [0.3, 0.4) is 0 Å². The van der Waals surface area contributed by atoms with E-state index in [-0.39, 0.29) is 0 Å². The van der Waals surface area contributed by atoms with Crippen LogP contribution in [-0.2, 0) is 0 Å². The highest BCUT2D eigenvalue weighted by Crippen LogP contribution is 2.17. The first kappa shape index (κ1) is 11.0. The van der Waals surface area contributed by atoms with Crippen molar-refractivity contribution >= 4 is 0 Å². The van der Waals surface area contributed by atoms with Crippen molar-refractivity contribution in [2.75, 3.05) is 20.1 Å². The van der Waals surface area contributed by atoms with Gasteiger partial charge in [0.1, 0.15) is 0 Å². The highest BCUT2D eigenvalue weighted by Gasteiger charge is 2.23. The van der Waals surface area contributed by atoms with Gasteiger partial charge in [-0.2, -0.15) is 0 Å². The van der Waals surface area contributed by atoms with Crippen LogP contribution < -0.4 is 5.32 Å². The van der Waals surface area contributed by atoms with Crippen LogP contribution >= 0.6 is 0 Å². The van der Waals surface area contributed by atoms with Crippen molar-refractivity contribution < 1.29 is 0 Å². The molecule has 0 bridgehead atoms. The molecule has 1 N–H and O–H groups in total. The van der Waals surface area contributed by atoms with Crippen LogP contribution in [0.2, 0.25) is 0 Å². The third kappa shape index (κ3) is 2.96. The minimum Gasteiger partial charge on any atom is -0.315 e. The van der Waals surface area contributed by atoms with Crippen LogP contribution in [0.5, 0.6) is 0 Å². The molecule has 1 aliphatic heterocycles. The Balaban J connectivity index is 2.36. The molecule has 0 amide bonds. The number of nitrogens with one attached hydrogen (secondary N) is 1. The van der Waals surface area contributed by atoms with E-state index < -0.39 is 0 Å². The van der Waals surface area contributed by atoms with Crippen LogP contribution in [0.1, 0.15) is 33.6 Å². The maximum absolute atomic E-state index is 3.41. The summed E-state index contributed by atoms with van der Waals surface area (Å²) in [6.45, 7) is 9.45. The molecule has 0 aliphatic carbocycles. The second-order valence-electron chi connectivity index (χ2n) is 4.63. The molecule has 1 heterocycles. The zero-order valence-electron chi connectivity index (χ0n) is 9.51. The third-order valence-electron chi connectivity index (χ3n) is 3.30. The molecule has 1 aliphatic rings. The van der Waals surface area contributed by atoms with Crippen molar-refractivity contribution in [3.05, 3.63) is 0 Å². The Morgan fingerprint density at radius 2 is 2.15 bits per heavy atom. The maximum Gasteiger partial charge on any atom is 0.0215 e. The minimum absolute atomic E-state index is 0.653. The predicted molar refractivity (Wildman–Crippen MR) is 58.0 cm³/mol. The minimum atomic E-state index is 0.653. The van der Waals surface area contributed by atoms with Gasteiger partial charge in [0.2, 0.25) is 0 Å². The topological polar surface area (TPSA) is 15.3 Å². The van der Waals surface area contributed by atoms with E-state index in [1.165, 1.54) is 25.9 Å². The van der Waals surface area contributed by atoms with E-state index in [4.69, 9.17) is 0 Å². The van der Waals surface area contributed by atoms with E-state index in [1.54, 1.807) is 0 Å². The second-order valence-corrected chi connectivity index (χ2v) is 4.63. The van der Waals surface area contributed by atoms with Crippen molar-refractivity contribution in [3.63, 3.8) is 0 Å². The lowest BCUT2D eigenvalue weighted by Gasteiger charge is -2.29. The van der Waals surface area contributed by atoms with Gasteiger partial charge in [-0.05, 0) is 39.3 Å². The highest BCUT2D eigenvalue weighted by atomic mass is 15.2. The first-order chi connectivity index (χ1) is 6.15. The number of hydrogen-bond acceptors (Lipinski definition) is 2. The van der Waals surface area contributed by atoms with E-state index in [0.717, 1.165) is 12.0 Å². The van der Waals surface area contributed by atoms with Crippen molar-refractivity contribution in [2.24, 2.45) is 5.92 Å². The molecule has 2 nitrogen and oxygen atoms in total. The van der Waals surface area contributed by atoms with E-state index in [2.05, 4.69) is 38.0 Å². The Hall–Kier alpha value is -0.0800. The van der Waals surface area contributed by atoms with Crippen molar-refractivity contribution in [1.82, 2.24) is 10.2 Å². The predicted octanol–water partition coefficient (Wildman–Crippen LogP) is 1.71. The third-order valence-corrected chi connectivity index (χ3v) is 3.30. The van der Waals surface area contributed by atoms with Crippen molar-refractivity contribution in [2.45, 2.75) is 45.7 Å². The summed E-state index contributed by atoms with van der Waals surface area (Å²) in [6.07, 6.45) is 2.77. The molecule has 2 heteroatoms. The van der Waals surface area contributed by atoms with Gasteiger partial charge in [-0.25, -0.2) is 0 Å². The standard InChI is InChI=1S/C11H24N2/c1-9(2)11(12-4)8-13-7-5-6-10(13)3/h9-12H,5-8H2,1-4H3. The molecule has 1 fully saturated rings. The Morgan fingerprint density at radius 1 is 1.46 bits per heavy atom. The summed E-state index contributed by atoms with van der Waals surface area (Å²) < 4.78 is 0. The van der Waals surface area contributed by atoms with Gasteiger partial charge >= 0.3 is 0 Å². The number of likely N-dealkylation sites (tertiary alicyclic amines) is 1. The summed E-state index contributed by atoms with van der Waals surface area (Å²) >= 11 is 0. The fourth-order valence-corrected chi connectivity index (χ4v) is 2.15. The second kappa shape index (κ2) is 4.97. The van der Waals surface area contributed by atoms with E-state index in [0.29, 0.717) is 6.04 Å². The molecule has 2 atom stereocenters. The zero-order chi connectivity index (χ0) is 9.84. The highest BCUT2D eigenvalue weighted by molar-refractivity contribution is 4.81. The van der Waals surface area contributed by atoms with Gasteiger partial charge in [0.15, 0.2) is 0 Å². The van der Waals surface area contributed by atoms with Crippen LogP contribution in [0, 0.1) is 5.92 Å². The first-order valence-electron chi connectivity index (χ1n) is 5.56. The number of rotatable bonds is 4. The first-order valence-corrected chi connectivity index (χ1v) is 5.56. The molecular formula is C11H24N2. The number of likely N-dealkylation sites (N-methyl/N-ethyl adjacent to an activating group) is 1. The Bertz CT molecular complexity index is 145. The lowest BCUT2D eigenvalue weighted by molar-refractivity contribution is 0.218. The van der Waals surface area contributed by atoms with Gasteiger partial charge in [-0.15, -0.1) is 0 Å². The van der Waals surface area contributed by atoms with Gasteiger partial charge in [0.05, 0.1) is 0 Å². The molecule has 0 spiro atoms. The molecule has 1 saturated heterocycles. The number of nitrogens with zero attached hydrogens (tertiary/aromatic N) is 1. The molecule has 2 unspecified atom stereocenters. The normalized spacial score (nSPS) is 27.0. The molecule has 0 aromatic heterocycles. The summed E-state index contributed by atoms with van der Waals surface area (Å²) in [7, 11) is 2.07. The van der Waals surface area contributed by atoms with Crippen LogP contribution in [0.4, 0.5) is 0 Å². The summed E-state index contributed by atoms with van der Waals surface area (Å²) in [5.74, 6) is 0.734. The van der Waals surface area contributed by atoms with Gasteiger partial charge in [0.25, 0.3) is 0 Å². The summed E-state index contributed by atoms with van der Waals surface area (Å²) in [5.41, 5.74) is 0. The SMILES string of the molecule is CNC(CN1CCCC1C)C(C)C. The molecule has 78 valence electrons. The van der Waals surface area contributed by atoms with Crippen molar-refractivity contribution in [3.8, 4) is 0 Å². The lowest BCUT2D eigenvalue weighted by atomic mass is 10.0. The number of hydrogen-bond donors (Lipinski definition) is 1. The van der Waals surface area contributed by atoms with Gasteiger partial charge < -0.3 is 5.32 Å². The van der Waals surface area contributed by atoms with Gasteiger partial charge in [-0.1, -0.05) is 13.8 Å². The zero-order valence-corrected chi connectivity index (χ0v) is 9.51. The largest absolute Gasteiger partial charge is 0.315 e. The molecular weight excluding hydrogens is 160 g/mol. The average molecular weight is 184 g/mol. The molecule has 0 aromatic rings. The van der Waals surface area contributed by atoms with Gasteiger partial charge in [0, 0.05) is 18.6 Å². The quantitative estimate of drug-likeness (QED) is 0.715. The van der Waals surface area contributed by atoms with Crippen LogP contribution in [-0.4, -0.2) is 37.1 Å². The lowest BCUT2D eigenvalue weighted by Crippen LogP contribution is -2.43. The molecule has 0 radical (unpaired) electrons. The molecule has 0 saturated carbocycles. The monoisotopic (exact) mass is 184 g/mol. The molecule has 0 aromatic carbocycles. The smallest absolute Gasteiger partial charge is 0.0215 e. The maximum atomic E-state index is 3.41. The Labute approximate surface area is 82.7 Å². The van der Waals surface area contributed by atoms with E-state index in [9.17, 15) is 0 Å². The average Bonchev–Trinajstić information content (AvgIpc) is 2.46. The van der Waals surface area contributed by atoms with E-state index >= 15 is 0 Å². The van der Waals surface area contributed by atoms with Crippen LogP contribution in [0.15, 0.2) is 0 Å². The van der Waals surface area contributed by atoms with Gasteiger partial charge in [-0.3, -0.25) is 4.90 Å². The Morgan fingerprint density at radius 3 is 2.54 bits per heavy atom. The fourth-order valence-electron chi connectivity index (χ4n) is 2.15. The summed E-state index contributed by atoms with van der Waals surface area (Å²) in [6, 6.07) is 1.45. The van der Waals surface area contributed by atoms with E-state index in [1.807, 2.05) is 0 Å². The fraction of sp³-hybridized carbons (Fsp3) is 1.00.